The van der Waals surface area contributed by atoms with Crippen LogP contribution in [-0.4, -0.2) is 32.9 Å². The molecule has 24 heavy (non-hydrogen) atoms. The fourth-order valence-electron chi connectivity index (χ4n) is 3.02. The Kier molecular flexibility index (Phi) is 3.67. The molecule has 1 aliphatic heterocycles. The molecule has 0 spiro atoms. The molecule has 0 aliphatic carbocycles. The average molecular weight is 328 g/mol. The molecule has 2 heterocycles. The van der Waals surface area contributed by atoms with Crippen molar-refractivity contribution in [1.29, 1.82) is 0 Å². The molecule has 1 aromatic carbocycles. The van der Waals surface area contributed by atoms with Crippen LogP contribution >= 0.6 is 0 Å². The van der Waals surface area contributed by atoms with Crippen molar-refractivity contribution in [3.63, 3.8) is 0 Å². The molecule has 2 aromatic rings. The molecule has 0 atom stereocenters. The van der Waals surface area contributed by atoms with E-state index in [0.717, 1.165) is 5.56 Å². The van der Waals surface area contributed by atoms with Crippen molar-refractivity contribution in [2.75, 3.05) is 11.4 Å². The van der Waals surface area contributed by atoms with Crippen molar-refractivity contribution in [2.24, 2.45) is 7.05 Å². The summed E-state index contributed by atoms with van der Waals surface area (Å²) < 4.78 is 1.55. The van der Waals surface area contributed by atoms with Gasteiger partial charge in [-0.15, -0.1) is 0 Å². The molecule has 1 aromatic heterocycles. The van der Waals surface area contributed by atoms with Crippen molar-refractivity contribution in [2.45, 2.75) is 20.3 Å². The van der Waals surface area contributed by atoms with Gasteiger partial charge in [0.15, 0.2) is 0 Å². The van der Waals surface area contributed by atoms with Crippen LogP contribution < -0.4 is 4.90 Å². The lowest BCUT2D eigenvalue weighted by Crippen LogP contribution is -2.35. The molecule has 0 saturated carbocycles. The van der Waals surface area contributed by atoms with Gasteiger partial charge in [-0.1, -0.05) is 6.07 Å². The molecule has 8 nitrogen and oxygen atoms in total. The first kappa shape index (κ1) is 15.9. The Morgan fingerprint density at radius 1 is 1.29 bits per heavy atom. The molecular formula is C16H16N4O4. The number of carbonyl (C=O) groups excluding carboxylic acids is 2. The van der Waals surface area contributed by atoms with E-state index in [1.807, 2.05) is 0 Å². The molecule has 0 bridgehead atoms. The molecule has 0 saturated heterocycles. The normalized spacial score (nSPS) is 13.0. The number of aromatic nitrogens is 2. The van der Waals surface area contributed by atoms with Crippen LogP contribution in [-0.2, 0) is 18.3 Å². The third-order valence-corrected chi connectivity index (χ3v) is 4.35. The number of nitro benzene ring substituents is 1. The van der Waals surface area contributed by atoms with Crippen molar-refractivity contribution >= 4 is 23.1 Å². The summed E-state index contributed by atoms with van der Waals surface area (Å²) in [4.78, 5) is 37.1. The van der Waals surface area contributed by atoms with Gasteiger partial charge in [0.25, 0.3) is 17.4 Å². The Bertz CT molecular complexity index is 884. The first-order valence-corrected chi connectivity index (χ1v) is 7.45. The van der Waals surface area contributed by atoms with Gasteiger partial charge in [0.05, 0.1) is 21.9 Å². The number of ketones is 1. The van der Waals surface area contributed by atoms with Crippen molar-refractivity contribution in [3.05, 3.63) is 50.8 Å². The second kappa shape index (κ2) is 5.55. The Morgan fingerprint density at radius 3 is 2.58 bits per heavy atom. The Labute approximate surface area is 137 Å². The lowest BCUT2D eigenvalue weighted by Gasteiger charge is -2.16. The molecule has 0 N–H and O–H groups in total. The number of amides is 1. The van der Waals surface area contributed by atoms with Crippen LogP contribution in [0.25, 0.3) is 0 Å². The number of rotatable bonds is 3. The van der Waals surface area contributed by atoms with Gasteiger partial charge in [-0.3, -0.25) is 24.4 Å². The summed E-state index contributed by atoms with van der Waals surface area (Å²) in [6, 6.07) is 4.38. The summed E-state index contributed by atoms with van der Waals surface area (Å²) in [5, 5.41) is 15.1. The number of Topliss-reactive ketones (excluding diaryl/α,β-unsaturated/α-hetero) is 1. The van der Waals surface area contributed by atoms with Gasteiger partial charge in [0.1, 0.15) is 0 Å². The predicted octanol–water partition coefficient (Wildman–Crippen LogP) is 1.72. The minimum absolute atomic E-state index is 0.102. The van der Waals surface area contributed by atoms with E-state index in [1.165, 1.54) is 17.0 Å². The van der Waals surface area contributed by atoms with Crippen LogP contribution in [0.15, 0.2) is 18.2 Å². The smallest absolute Gasteiger partial charge is 0.299 e. The van der Waals surface area contributed by atoms with E-state index in [9.17, 15) is 19.7 Å². The summed E-state index contributed by atoms with van der Waals surface area (Å²) in [6.45, 7) is 3.74. The summed E-state index contributed by atoms with van der Waals surface area (Å²) >= 11 is 0. The second-order valence-corrected chi connectivity index (χ2v) is 5.78. The van der Waals surface area contributed by atoms with Crippen LogP contribution in [0, 0.1) is 24.0 Å². The molecule has 0 unspecified atom stereocenters. The highest BCUT2D eigenvalue weighted by molar-refractivity contribution is 6.47. The maximum absolute atomic E-state index is 12.7. The van der Waals surface area contributed by atoms with E-state index in [0.29, 0.717) is 35.6 Å². The summed E-state index contributed by atoms with van der Waals surface area (Å²) in [7, 11) is 1.71. The highest BCUT2D eigenvalue weighted by Crippen LogP contribution is 2.32. The van der Waals surface area contributed by atoms with Crippen molar-refractivity contribution in [1.82, 2.24) is 9.78 Å². The van der Waals surface area contributed by atoms with Gasteiger partial charge < -0.3 is 4.90 Å². The number of benzene rings is 1. The third-order valence-electron chi connectivity index (χ3n) is 4.35. The zero-order valence-corrected chi connectivity index (χ0v) is 13.6. The number of nitrogens with zero attached hydrogens (tertiary/aromatic N) is 4. The highest BCUT2D eigenvalue weighted by atomic mass is 16.6. The molecular weight excluding hydrogens is 312 g/mol. The van der Waals surface area contributed by atoms with Gasteiger partial charge in [0, 0.05) is 31.4 Å². The maximum Gasteiger partial charge on any atom is 0.299 e. The number of anilines is 1. The van der Waals surface area contributed by atoms with Gasteiger partial charge in [-0.2, -0.15) is 5.10 Å². The number of carbonyl (C=O) groups is 2. The fourth-order valence-corrected chi connectivity index (χ4v) is 3.02. The third kappa shape index (κ3) is 2.36. The monoisotopic (exact) mass is 328 g/mol. The quantitative estimate of drug-likeness (QED) is 0.370. The van der Waals surface area contributed by atoms with Gasteiger partial charge in [-0.05, 0) is 25.8 Å². The average Bonchev–Trinajstić information content (AvgIpc) is 3.06. The van der Waals surface area contributed by atoms with Crippen LogP contribution in [0.2, 0.25) is 0 Å². The fraction of sp³-hybridized carbons (Fsp3) is 0.312. The Hall–Kier alpha value is -3.03. The largest absolute Gasteiger partial charge is 0.305 e. The van der Waals surface area contributed by atoms with Crippen LogP contribution in [0.4, 0.5) is 11.4 Å². The second-order valence-electron chi connectivity index (χ2n) is 5.78. The molecule has 8 heteroatoms. The number of hydrogen-bond donors (Lipinski definition) is 0. The van der Waals surface area contributed by atoms with E-state index < -0.39 is 16.6 Å². The molecule has 124 valence electrons. The topological polar surface area (TPSA) is 98.3 Å². The highest BCUT2D eigenvalue weighted by Gasteiger charge is 2.33. The number of nitro groups is 1. The minimum Gasteiger partial charge on any atom is -0.305 e. The molecule has 0 radical (unpaired) electrons. The zero-order valence-electron chi connectivity index (χ0n) is 13.6. The van der Waals surface area contributed by atoms with E-state index >= 15 is 0 Å². The van der Waals surface area contributed by atoms with Crippen molar-refractivity contribution < 1.29 is 14.5 Å². The van der Waals surface area contributed by atoms with E-state index in [-0.39, 0.29) is 5.69 Å². The van der Waals surface area contributed by atoms with Crippen LogP contribution in [0.5, 0.6) is 0 Å². The molecule has 0 fully saturated rings. The standard InChI is InChI=1S/C16H16N4O4/c1-9-14(10(2)18(3)17-9)15(21)16(22)19-7-6-11-4-5-12(20(23)24)8-13(11)19/h4-5,8H,6-7H2,1-3H3. The lowest BCUT2D eigenvalue weighted by atomic mass is 10.1. The summed E-state index contributed by atoms with van der Waals surface area (Å²) in [6.07, 6.45) is 0.567. The van der Waals surface area contributed by atoms with Crippen molar-refractivity contribution in [3.8, 4) is 0 Å². The zero-order chi connectivity index (χ0) is 17.6. The number of fused-ring (bicyclic) bond motifs is 1. The van der Waals surface area contributed by atoms with E-state index in [1.54, 1.807) is 31.6 Å². The Morgan fingerprint density at radius 2 is 2.00 bits per heavy atom. The summed E-state index contributed by atoms with van der Waals surface area (Å²) in [5.41, 5.74) is 2.55. The molecule has 1 amide bonds. The minimum atomic E-state index is -0.687. The number of hydrogen-bond acceptors (Lipinski definition) is 5. The number of aryl methyl sites for hydroxylation is 2. The lowest BCUT2D eigenvalue weighted by molar-refractivity contribution is -0.384. The molecule has 3 rings (SSSR count). The van der Waals surface area contributed by atoms with Crippen LogP contribution in [0.3, 0.4) is 0 Å². The van der Waals surface area contributed by atoms with E-state index in [4.69, 9.17) is 0 Å². The number of non-ortho nitro benzene ring substituents is 1. The SMILES string of the molecule is Cc1nn(C)c(C)c1C(=O)C(=O)N1CCc2ccc([N+](=O)[O-])cc21. The predicted molar refractivity (Wildman–Crippen MR) is 86.2 cm³/mol. The van der Waals surface area contributed by atoms with Crippen LogP contribution in [0.1, 0.15) is 27.3 Å². The maximum atomic E-state index is 12.7. The van der Waals surface area contributed by atoms with Gasteiger partial charge in [-0.25, -0.2) is 0 Å². The molecule has 1 aliphatic rings. The summed E-state index contributed by atoms with van der Waals surface area (Å²) in [5.74, 6) is -1.33. The van der Waals surface area contributed by atoms with Gasteiger partial charge in [0.2, 0.25) is 0 Å². The first-order valence-electron chi connectivity index (χ1n) is 7.45. The first-order chi connectivity index (χ1) is 11.3. The Balaban J connectivity index is 1.97. The van der Waals surface area contributed by atoms with E-state index in [2.05, 4.69) is 5.10 Å². The van der Waals surface area contributed by atoms with Gasteiger partial charge >= 0.3 is 0 Å².